The molecule has 0 aliphatic rings. The molecule has 0 aromatic carbocycles. The molecule has 0 fully saturated rings. The summed E-state index contributed by atoms with van der Waals surface area (Å²) >= 11 is 0. The van der Waals surface area contributed by atoms with Crippen LogP contribution in [0.15, 0.2) is 5.11 Å². The zero-order valence-corrected chi connectivity index (χ0v) is 25.1. The fourth-order valence-electron chi connectivity index (χ4n) is 3.01. The molecule has 43 heavy (non-hydrogen) atoms. The molecule has 0 rings (SSSR count). The minimum atomic E-state index is -0.892. The Bertz CT molecular complexity index is 618. The fraction of sp³-hybridized carbons (Fsp3) is 0.923. The number of hydrogen-bond donors (Lipinski definition) is 2. The summed E-state index contributed by atoms with van der Waals surface area (Å²) in [6.07, 6.45) is -0.0517. The zero-order chi connectivity index (χ0) is 31.5. The summed E-state index contributed by atoms with van der Waals surface area (Å²) in [5, 5.41) is 20.5. The van der Waals surface area contributed by atoms with Gasteiger partial charge in [-0.1, -0.05) is 5.11 Å². The molecule has 0 amide bonds. The molecule has 0 aromatic heterocycles. The minimum absolute atomic E-state index is 0.0259. The van der Waals surface area contributed by atoms with Crippen LogP contribution >= 0.6 is 0 Å². The van der Waals surface area contributed by atoms with Gasteiger partial charge in [-0.15, -0.1) is 0 Å². The van der Waals surface area contributed by atoms with Gasteiger partial charge in [0.1, 0.15) is 0 Å². The molecular weight excluding hydrogens is 576 g/mol. The first-order valence-electron chi connectivity index (χ1n) is 14.4. The molecule has 0 saturated carbocycles. The van der Waals surface area contributed by atoms with E-state index in [1.165, 1.54) is 0 Å². The molecule has 0 aliphatic carbocycles. The fourth-order valence-corrected chi connectivity index (χ4v) is 3.01. The molecule has 17 heteroatoms. The molecule has 0 aromatic rings. The Balaban J connectivity index is 3.96. The van der Waals surface area contributed by atoms with E-state index in [0.717, 1.165) is 0 Å². The Morgan fingerprint density at radius 3 is 1.07 bits per heavy atom. The van der Waals surface area contributed by atoms with Gasteiger partial charge in [-0.25, -0.2) is 0 Å². The number of ether oxygens (including phenoxy) is 9. The van der Waals surface area contributed by atoms with Crippen LogP contribution in [-0.2, 0) is 52.2 Å². The number of hydrogen-bond acceptors (Lipinski definition) is 13. The first-order valence-corrected chi connectivity index (χ1v) is 14.4. The lowest BCUT2D eigenvalue weighted by Gasteiger charge is -2.22. The Hall–Kier alpha value is -2.15. The van der Waals surface area contributed by atoms with E-state index in [1.807, 2.05) is 0 Å². The number of azide groups is 1. The number of carboxylic acid groups (broad SMARTS) is 2. The van der Waals surface area contributed by atoms with Crippen LogP contribution in [0.5, 0.6) is 0 Å². The summed E-state index contributed by atoms with van der Waals surface area (Å²) in [5.41, 5.74) is 8.20. The highest BCUT2D eigenvalue weighted by Gasteiger charge is 2.06. The molecule has 0 radical (unpaired) electrons. The maximum absolute atomic E-state index is 10.4. The highest BCUT2D eigenvalue weighted by Crippen LogP contribution is 1.93. The van der Waals surface area contributed by atoms with Crippen molar-refractivity contribution in [1.29, 1.82) is 0 Å². The first-order chi connectivity index (χ1) is 21.1. The molecule has 0 heterocycles. The third-order valence-electron chi connectivity index (χ3n) is 5.21. The second kappa shape index (κ2) is 34.3. The van der Waals surface area contributed by atoms with E-state index < -0.39 is 11.9 Å². The lowest BCUT2D eigenvalue weighted by molar-refractivity contribution is -0.139. The average Bonchev–Trinajstić information content (AvgIpc) is 2.98. The van der Waals surface area contributed by atoms with Gasteiger partial charge < -0.3 is 52.8 Å². The molecule has 2 N–H and O–H groups in total. The standard InChI is InChI=1S/C26H50N4O13/c27-29-28-3-9-37-15-21-43-24-18-40-12-6-30(4-10-38-16-22-41-19-13-35-7-1-25(31)32)5-11-39-17-23-42-20-14-36-8-2-26(33)34/h1-24H2,(H,31,32)(H,33,34). The van der Waals surface area contributed by atoms with Crippen molar-refractivity contribution in [3.8, 4) is 0 Å². The van der Waals surface area contributed by atoms with Gasteiger partial charge in [-0.2, -0.15) is 0 Å². The van der Waals surface area contributed by atoms with E-state index in [1.54, 1.807) is 0 Å². The van der Waals surface area contributed by atoms with E-state index >= 15 is 0 Å². The normalized spacial score (nSPS) is 11.2. The molecule has 0 spiro atoms. The van der Waals surface area contributed by atoms with Crippen molar-refractivity contribution in [1.82, 2.24) is 4.90 Å². The highest BCUT2D eigenvalue weighted by molar-refractivity contribution is 5.67. The van der Waals surface area contributed by atoms with Crippen LogP contribution in [0.4, 0.5) is 0 Å². The number of rotatable bonds is 36. The maximum atomic E-state index is 10.4. The third-order valence-corrected chi connectivity index (χ3v) is 5.21. The predicted molar refractivity (Wildman–Crippen MR) is 152 cm³/mol. The zero-order valence-electron chi connectivity index (χ0n) is 25.1. The maximum Gasteiger partial charge on any atom is 0.305 e. The van der Waals surface area contributed by atoms with Gasteiger partial charge in [0.15, 0.2) is 0 Å². The van der Waals surface area contributed by atoms with Crippen molar-refractivity contribution < 1.29 is 62.4 Å². The van der Waals surface area contributed by atoms with Crippen molar-refractivity contribution in [3.63, 3.8) is 0 Å². The number of aliphatic carboxylic acids is 2. The largest absolute Gasteiger partial charge is 0.481 e. The summed E-state index contributed by atoms with van der Waals surface area (Å²) in [4.78, 5) is 25.7. The van der Waals surface area contributed by atoms with Gasteiger partial charge in [0, 0.05) is 31.1 Å². The molecule has 252 valence electrons. The minimum Gasteiger partial charge on any atom is -0.481 e. The summed E-state index contributed by atoms with van der Waals surface area (Å²) in [6, 6.07) is 0. The molecule has 0 atom stereocenters. The Kier molecular flexibility index (Phi) is 32.6. The molecule has 0 saturated heterocycles. The van der Waals surface area contributed by atoms with E-state index in [2.05, 4.69) is 14.9 Å². The Morgan fingerprint density at radius 2 is 0.767 bits per heavy atom. The summed E-state index contributed by atoms with van der Waals surface area (Å²) in [7, 11) is 0. The molecule has 0 unspecified atom stereocenters. The van der Waals surface area contributed by atoms with Gasteiger partial charge in [-0.05, 0) is 5.53 Å². The van der Waals surface area contributed by atoms with Gasteiger partial charge in [0.05, 0.1) is 132 Å². The van der Waals surface area contributed by atoms with Gasteiger partial charge in [0.25, 0.3) is 0 Å². The second-order valence-electron chi connectivity index (χ2n) is 8.59. The van der Waals surface area contributed by atoms with E-state index in [9.17, 15) is 9.59 Å². The van der Waals surface area contributed by atoms with E-state index in [4.69, 9.17) is 58.4 Å². The number of carbonyl (C=O) groups is 2. The van der Waals surface area contributed by atoms with Gasteiger partial charge in [-0.3, -0.25) is 14.5 Å². The van der Waals surface area contributed by atoms with Crippen LogP contribution in [0, 0.1) is 0 Å². The molecule has 17 nitrogen and oxygen atoms in total. The molecular formula is C26H50N4O13. The number of carboxylic acids is 2. The van der Waals surface area contributed by atoms with Crippen molar-refractivity contribution in [2.24, 2.45) is 5.11 Å². The average molecular weight is 627 g/mol. The van der Waals surface area contributed by atoms with Gasteiger partial charge >= 0.3 is 11.9 Å². The first kappa shape index (κ1) is 40.9. The third kappa shape index (κ3) is 36.0. The van der Waals surface area contributed by atoms with Gasteiger partial charge in [0.2, 0.25) is 0 Å². The van der Waals surface area contributed by atoms with E-state index in [-0.39, 0.29) is 26.1 Å². The van der Waals surface area contributed by atoms with Crippen LogP contribution in [0.2, 0.25) is 0 Å². The molecule has 0 bridgehead atoms. The monoisotopic (exact) mass is 626 g/mol. The quantitative estimate of drug-likeness (QED) is 0.0424. The summed E-state index contributed by atoms with van der Waals surface area (Å²) < 4.78 is 48.9. The topological polar surface area (TPSA) is 210 Å². The smallest absolute Gasteiger partial charge is 0.305 e. The second-order valence-corrected chi connectivity index (χ2v) is 8.59. The van der Waals surface area contributed by atoms with Crippen LogP contribution in [0.1, 0.15) is 12.8 Å². The predicted octanol–water partition coefficient (Wildman–Crippen LogP) is 0.698. The van der Waals surface area contributed by atoms with Crippen LogP contribution in [-0.4, -0.2) is 172 Å². The van der Waals surface area contributed by atoms with Crippen LogP contribution in [0.25, 0.3) is 10.4 Å². The van der Waals surface area contributed by atoms with Crippen molar-refractivity contribution in [3.05, 3.63) is 10.4 Å². The summed E-state index contributed by atoms with van der Waals surface area (Å²) in [5.74, 6) is -1.78. The SMILES string of the molecule is [N-]=[N+]=NCCOCCOCCOCCN(CCOCCOCCOCCC(=O)O)CCOCCOCCOCCC(=O)O. The molecule has 0 aliphatic heterocycles. The van der Waals surface area contributed by atoms with E-state index in [0.29, 0.717) is 132 Å². The number of nitrogens with zero attached hydrogens (tertiary/aromatic N) is 4. The van der Waals surface area contributed by atoms with Crippen molar-refractivity contribution in [2.75, 3.05) is 145 Å². The lowest BCUT2D eigenvalue weighted by Crippen LogP contribution is -2.34. The van der Waals surface area contributed by atoms with Crippen LogP contribution < -0.4 is 0 Å². The highest BCUT2D eigenvalue weighted by atomic mass is 16.6. The van der Waals surface area contributed by atoms with Crippen molar-refractivity contribution in [2.45, 2.75) is 12.8 Å². The Labute approximate surface area is 253 Å². The Morgan fingerprint density at radius 1 is 0.488 bits per heavy atom. The summed E-state index contributed by atoms with van der Waals surface area (Å²) in [6.45, 7) is 9.44. The lowest BCUT2D eigenvalue weighted by atomic mass is 10.4. The van der Waals surface area contributed by atoms with Crippen LogP contribution in [0.3, 0.4) is 0 Å². The van der Waals surface area contributed by atoms with Crippen molar-refractivity contribution >= 4 is 11.9 Å².